The van der Waals surface area contributed by atoms with Gasteiger partial charge < -0.3 is 4.74 Å². The molecule has 1 amide bonds. The van der Waals surface area contributed by atoms with Crippen LogP contribution in [0.25, 0.3) is 22.6 Å². The fraction of sp³-hybridized carbons (Fsp3) is 0.185. The lowest BCUT2D eigenvalue weighted by atomic mass is 10.1. The topological polar surface area (TPSA) is 98.9 Å². The SMILES string of the molecule is CC1C(=O)N(COCc2ccccc2)c2nc(-c3nn(Cc4ccccc4F)c4ncc(F)cc34)nnc21. The van der Waals surface area contributed by atoms with E-state index in [1.54, 1.807) is 25.1 Å². The standard InChI is InChI=1S/C27H21F2N7O2/c1-16-22-26(35(27(16)37)15-38-14-17-7-3-2-4-8-17)31-24(33-32-22)23-20-11-19(28)12-30-25(20)36(34-23)13-18-9-5-6-10-21(18)29/h2-12,16H,13-15H2,1H3. The number of rotatable bonds is 7. The van der Waals surface area contributed by atoms with Gasteiger partial charge in [-0.25, -0.2) is 23.4 Å². The number of anilines is 1. The molecule has 11 heteroatoms. The first-order valence-electron chi connectivity index (χ1n) is 11.9. The number of aromatic nitrogens is 6. The van der Waals surface area contributed by atoms with Gasteiger partial charge in [0.2, 0.25) is 11.7 Å². The first kappa shape index (κ1) is 23.7. The molecule has 0 radical (unpaired) electrons. The number of benzene rings is 2. The highest BCUT2D eigenvalue weighted by Gasteiger charge is 2.38. The third-order valence-electron chi connectivity index (χ3n) is 6.37. The van der Waals surface area contributed by atoms with Crippen molar-refractivity contribution in [2.75, 3.05) is 11.6 Å². The normalized spacial score (nSPS) is 14.9. The largest absolute Gasteiger partial charge is 0.356 e. The number of ether oxygens (including phenoxy) is 1. The Bertz CT molecular complexity index is 1660. The monoisotopic (exact) mass is 513 g/mol. The second-order valence-electron chi connectivity index (χ2n) is 8.92. The molecule has 3 aromatic heterocycles. The predicted molar refractivity (Wildman–Crippen MR) is 134 cm³/mol. The lowest BCUT2D eigenvalue weighted by Crippen LogP contribution is -2.31. The summed E-state index contributed by atoms with van der Waals surface area (Å²) in [6, 6.07) is 17.2. The predicted octanol–water partition coefficient (Wildman–Crippen LogP) is 4.23. The Balaban J connectivity index is 1.36. The highest BCUT2D eigenvalue weighted by molar-refractivity contribution is 6.03. The highest BCUT2D eigenvalue weighted by atomic mass is 19.1. The maximum atomic E-state index is 14.3. The molecule has 1 atom stereocenters. The number of halogens is 2. The molecule has 1 unspecified atom stereocenters. The Morgan fingerprint density at radius 1 is 1.03 bits per heavy atom. The number of fused-ring (bicyclic) bond motifs is 2. The Morgan fingerprint density at radius 2 is 1.82 bits per heavy atom. The van der Waals surface area contributed by atoms with Gasteiger partial charge in [-0.05, 0) is 24.6 Å². The van der Waals surface area contributed by atoms with Crippen molar-refractivity contribution in [1.29, 1.82) is 0 Å². The van der Waals surface area contributed by atoms with Crippen molar-refractivity contribution in [3.63, 3.8) is 0 Å². The van der Waals surface area contributed by atoms with Crippen LogP contribution in [0.4, 0.5) is 14.6 Å². The molecule has 9 nitrogen and oxygen atoms in total. The summed E-state index contributed by atoms with van der Waals surface area (Å²) in [5.41, 5.74) is 2.33. The Morgan fingerprint density at radius 3 is 2.63 bits per heavy atom. The molecule has 1 aliphatic rings. The van der Waals surface area contributed by atoms with Gasteiger partial charge in [-0.2, -0.15) is 5.10 Å². The molecule has 0 aliphatic carbocycles. The second kappa shape index (κ2) is 9.67. The molecular formula is C27H21F2N7O2. The maximum absolute atomic E-state index is 14.3. The molecule has 5 aromatic rings. The molecule has 6 rings (SSSR count). The van der Waals surface area contributed by atoms with Gasteiger partial charge in [-0.1, -0.05) is 48.5 Å². The van der Waals surface area contributed by atoms with Crippen molar-refractivity contribution >= 4 is 22.8 Å². The van der Waals surface area contributed by atoms with Gasteiger partial charge in [-0.3, -0.25) is 9.69 Å². The van der Waals surface area contributed by atoms with E-state index in [0.717, 1.165) is 11.8 Å². The fourth-order valence-electron chi connectivity index (χ4n) is 4.41. The van der Waals surface area contributed by atoms with E-state index in [1.807, 2.05) is 30.3 Å². The average Bonchev–Trinajstić information content (AvgIpc) is 3.40. The van der Waals surface area contributed by atoms with E-state index in [4.69, 9.17) is 4.74 Å². The third kappa shape index (κ3) is 4.26. The third-order valence-corrected chi connectivity index (χ3v) is 6.37. The first-order valence-corrected chi connectivity index (χ1v) is 11.9. The molecule has 0 spiro atoms. The van der Waals surface area contributed by atoms with E-state index in [0.29, 0.717) is 34.7 Å². The zero-order valence-corrected chi connectivity index (χ0v) is 20.3. The molecular weight excluding hydrogens is 492 g/mol. The molecule has 0 N–H and O–H groups in total. The van der Waals surface area contributed by atoms with E-state index >= 15 is 0 Å². The van der Waals surface area contributed by atoms with E-state index in [2.05, 4.69) is 25.3 Å². The maximum Gasteiger partial charge on any atom is 0.239 e. The Hall–Kier alpha value is -4.64. The Kier molecular flexibility index (Phi) is 6.04. The number of hydrogen-bond donors (Lipinski definition) is 0. The van der Waals surface area contributed by atoms with Crippen LogP contribution in [-0.2, 0) is 22.7 Å². The van der Waals surface area contributed by atoms with Crippen molar-refractivity contribution in [1.82, 2.24) is 29.9 Å². The van der Waals surface area contributed by atoms with Crippen LogP contribution < -0.4 is 4.90 Å². The number of carbonyl (C=O) groups excluding carboxylic acids is 1. The zero-order chi connectivity index (χ0) is 26.2. The van der Waals surface area contributed by atoms with E-state index < -0.39 is 17.6 Å². The average molecular weight is 514 g/mol. The quantitative estimate of drug-likeness (QED) is 0.321. The zero-order valence-electron chi connectivity index (χ0n) is 20.3. The van der Waals surface area contributed by atoms with Crippen LogP contribution in [0.5, 0.6) is 0 Å². The van der Waals surface area contributed by atoms with Crippen LogP contribution in [0.2, 0.25) is 0 Å². The van der Waals surface area contributed by atoms with Gasteiger partial charge in [0.05, 0.1) is 30.7 Å². The summed E-state index contributed by atoms with van der Waals surface area (Å²) in [6.45, 7) is 2.08. The fourth-order valence-corrected chi connectivity index (χ4v) is 4.41. The smallest absolute Gasteiger partial charge is 0.239 e. The number of carbonyl (C=O) groups is 1. The lowest BCUT2D eigenvalue weighted by Gasteiger charge is -2.16. The molecule has 0 fully saturated rings. The van der Waals surface area contributed by atoms with Crippen LogP contribution in [0.3, 0.4) is 0 Å². The van der Waals surface area contributed by atoms with Crippen molar-refractivity contribution in [2.24, 2.45) is 0 Å². The number of nitrogens with zero attached hydrogens (tertiary/aromatic N) is 7. The number of hydrogen-bond acceptors (Lipinski definition) is 7. The van der Waals surface area contributed by atoms with Crippen LogP contribution >= 0.6 is 0 Å². The molecule has 0 bridgehead atoms. The second-order valence-corrected chi connectivity index (χ2v) is 8.92. The molecule has 2 aromatic carbocycles. The summed E-state index contributed by atoms with van der Waals surface area (Å²) in [4.78, 5) is 23.2. The minimum Gasteiger partial charge on any atom is -0.356 e. The van der Waals surface area contributed by atoms with E-state index in [-0.39, 0.29) is 30.7 Å². The minimum atomic E-state index is -0.571. The van der Waals surface area contributed by atoms with Gasteiger partial charge >= 0.3 is 0 Å². The van der Waals surface area contributed by atoms with Gasteiger partial charge in [0, 0.05) is 5.56 Å². The lowest BCUT2D eigenvalue weighted by molar-refractivity contribution is -0.120. The van der Waals surface area contributed by atoms with Gasteiger partial charge in [0.25, 0.3) is 0 Å². The van der Waals surface area contributed by atoms with Gasteiger partial charge in [-0.15, -0.1) is 10.2 Å². The molecule has 0 saturated carbocycles. The van der Waals surface area contributed by atoms with Crippen LogP contribution in [0, 0.1) is 11.6 Å². The minimum absolute atomic E-state index is 0.0259. The molecule has 190 valence electrons. The molecule has 0 saturated heterocycles. The van der Waals surface area contributed by atoms with Crippen molar-refractivity contribution < 1.29 is 18.3 Å². The first-order chi connectivity index (χ1) is 18.5. The van der Waals surface area contributed by atoms with E-state index in [9.17, 15) is 13.6 Å². The van der Waals surface area contributed by atoms with Crippen molar-refractivity contribution in [3.8, 4) is 11.5 Å². The van der Waals surface area contributed by atoms with Crippen LogP contribution in [0.1, 0.15) is 29.7 Å². The van der Waals surface area contributed by atoms with Gasteiger partial charge in [0.1, 0.15) is 29.8 Å². The molecule has 4 heterocycles. The van der Waals surface area contributed by atoms with Crippen molar-refractivity contribution in [2.45, 2.75) is 26.0 Å². The molecule has 38 heavy (non-hydrogen) atoms. The summed E-state index contributed by atoms with van der Waals surface area (Å²) < 4.78 is 35.8. The number of amides is 1. The Labute approximate surface area is 215 Å². The summed E-state index contributed by atoms with van der Waals surface area (Å²) in [6.07, 6.45) is 1.07. The highest BCUT2D eigenvalue weighted by Crippen LogP contribution is 2.35. The van der Waals surface area contributed by atoms with E-state index in [1.165, 1.54) is 21.7 Å². The van der Waals surface area contributed by atoms with Gasteiger partial charge in [0.15, 0.2) is 11.5 Å². The summed E-state index contributed by atoms with van der Waals surface area (Å²) in [5.74, 6) is -1.33. The summed E-state index contributed by atoms with van der Waals surface area (Å²) in [7, 11) is 0. The van der Waals surface area contributed by atoms with Crippen LogP contribution in [-0.4, -0.2) is 42.6 Å². The summed E-state index contributed by atoms with van der Waals surface area (Å²) >= 11 is 0. The van der Waals surface area contributed by atoms with Crippen molar-refractivity contribution in [3.05, 3.63) is 95.3 Å². The van der Waals surface area contributed by atoms with Crippen LogP contribution in [0.15, 0.2) is 66.9 Å². The molecule has 1 aliphatic heterocycles. The number of pyridine rings is 1. The summed E-state index contributed by atoms with van der Waals surface area (Å²) in [5, 5.41) is 13.4.